The van der Waals surface area contributed by atoms with E-state index in [1.807, 2.05) is 38.1 Å². The Morgan fingerprint density at radius 3 is 2.57 bits per heavy atom. The first-order valence-electron chi connectivity index (χ1n) is 6.91. The maximum absolute atomic E-state index is 12.6. The van der Waals surface area contributed by atoms with Crippen molar-refractivity contribution in [1.82, 2.24) is 4.90 Å². The first kappa shape index (κ1) is 15.4. The van der Waals surface area contributed by atoms with Gasteiger partial charge in [0.1, 0.15) is 0 Å². The minimum absolute atomic E-state index is 0.0602. The third-order valence-electron chi connectivity index (χ3n) is 3.46. The second-order valence-corrected chi connectivity index (χ2v) is 5.46. The fourth-order valence-corrected chi connectivity index (χ4v) is 2.48. The van der Waals surface area contributed by atoms with Crippen LogP contribution in [0, 0.1) is 6.92 Å². The fraction of sp³-hybridized carbons (Fsp3) is 0.235. The lowest BCUT2D eigenvalue weighted by molar-refractivity contribution is 0.0752. The molecule has 21 heavy (non-hydrogen) atoms. The molecule has 2 N–H and O–H groups in total. The molecule has 2 rings (SSSR count). The van der Waals surface area contributed by atoms with Gasteiger partial charge in [0.05, 0.1) is 0 Å². The highest BCUT2D eigenvalue weighted by atomic mass is 35.5. The van der Waals surface area contributed by atoms with Crippen molar-refractivity contribution in [2.75, 3.05) is 12.3 Å². The van der Waals surface area contributed by atoms with Gasteiger partial charge in [-0.2, -0.15) is 0 Å². The van der Waals surface area contributed by atoms with Gasteiger partial charge in [-0.3, -0.25) is 4.79 Å². The molecule has 0 fully saturated rings. The Morgan fingerprint density at radius 1 is 1.24 bits per heavy atom. The smallest absolute Gasteiger partial charge is 0.254 e. The summed E-state index contributed by atoms with van der Waals surface area (Å²) in [5.74, 6) is -0.0602. The lowest BCUT2D eigenvalue weighted by Crippen LogP contribution is -2.30. The first-order chi connectivity index (χ1) is 10.0. The third kappa shape index (κ3) is 3.76. The lowest BCUT2D eigenvalue weighted by Gasteiger charge is -2.22. The van der Waals surface area contributed by atoms with Crippen molar-refractivity contribution in [2.45, 2.75) is 20.4 Å². The number of halogens is 1. The Kier molecular flexibility index (Phi) is 4.86. The van der Waals surface area contributed by atoms with Gasteiger partial charge < -0.3 is 10.6 Å². The van der Waals surface area contributed by atoms with Gasteiger partial charge in [0.15, 0.2) is 0 Å². The van der Waals surface area contributed by atoms with E-state index in [4.69, 9.17) is 17.3 Å². The summed E-state index contributed by atoms with van der Waals surface area (Å²) in [5.41, 5.74) is 9.10. The van der Waals surface area contributed by atoms with Gasteiger partial charge >= 0.3 is 0 Å². The van der Waals surface area contributed by atoms with E-state index >= 15 is 0 Å². The fourth-order valence-electron chi connectivity index (χ4n) is 2.24. The summed E-state index contributed by atoms with van der Waals surface area (Å²) in [6.07, 6.45) is 0. The van der Waals surface area contributed by atoms with E-state index in [9.17, 15) is 4.79 Å². The number of amides is 1. The summed E-state index contributed by atoms with van der Waals surface area (Å²) in [6, 6.07) is 13.0. The average molecular weight is 303 g/mol. The zero-order valence-corrected chi connectivity index (χ0v) is 13.0. The van der Waals surface area contributed by atoms with Crippen LogP contribution < -0.4 is 5.73 Å². The molecule has 0 spiro atoms. The number of rotatable bonds is 4. The van der Waals surface area contributed by atoms with Gasteiger partial charge in [-0.25, -0.2) is 0 Å². The zero-order chi connectivity index (χ0) is 15.4. The maximum atomic E-state index is 12.6. The summed E-state index contributed by atoms with van der Waals surface area (Å²) >= 11 is 5.98. The van der Waals surface area contributed by atoms with Crippen LogP contribution in [0.2, 0.25) is 5.02 Å². The van der Waals surface area contributed by atoms with Crippen LogP contribution in [-0.2, 0) is 6.54 Å². The van der Waals surface area contributed by atoms with E-state index in [1.54, 1.807) is 23.1 Å². The van der Waals surface area contributed by atoms with Gasteiger partial charge in [0.25, 0.3) is 5.91 Å². The molecule has 0 unspecified atom stereocenters. The zero-order valence-electron chi connectivity index (χ0n) is 12.3. The number of carbonyl (C=O) groups excluding carboxylic acids is 1. The molecule has 3 nitrogen and oxygen atoms in total. The molecule has 4 heteroatoms. The Bertz CT molecular complexity index is 635. The molecule has 2 aromatic rings. The first-order valence-corrected chi connectivity index (χ1v) is 7.29. The van der Waals surface area contributed by atoms with E-state index in [0.717, 1.165) is 5.56 Å². The molecule has 2 aromatic carbocycles. The SMILES string of the molecule is CCN(Cc1ccccc1C)C(=O)c1cc(N)cc(Cl)c1. The number of hydrogen-bond acceptors (Lipinski definition) is 2. The van der Waals surface area contributed by atoms with Gasteiger partial charge in [-0.05, 0) is 43.2 Å². The number of aryl methyl sites for hydroxylation is 1. The lowest BCUT2D eigenvalue weighted by atomic mass is 10.1. The Morgan fingerprint density at radius 2 is 1.95 bits per heavy atom. The molecule has 0 bridgehead atoms. The second kappa shape index (κ2) is 6.64. The molecule has 0 aliphatic rings. The van der Waals surface area contributed by atoms with Crippen LogP contribution in [0.4, 0.5) is 5.69 Å². The second-order valence-electron chi connectivity index (χ2n) is 5.02. The normalized spacial score (nSPS) is 10.4. The molecule has 0 atom stereocenters. The molecule has 0 aliphatic carbocycles. The average Bonchev–Trinajstić information content (AvgIpc) is 2.44. The predicted octanol–water partition coefficient (Wildman–Crippen LogP) is 3.89. The highest BCUT2D eigenvalue weighted by molar-refractivity contribution is 6.31. The molecule has 1 amide bonds. The molecule has 0 saturated heterocycles. The van der Waals surface area contributed by atoms with Crippen LogP contribution in [0.25, 0.3) is 0 Å². The molecule has 0 aliphatic heterocycles. The van der Waals surface area contributed by atoms with Crippen LogP contribution in [0.5, 0.6) is 0 Å². The monoisotopic (exact) mass is 302 g/mol. The third-order valence-corrected chi connectivity index (χ3v) is 3.68. The van der Waals surface area contributed by atoms with Crippen molar-refractivity contribution in [1.29, 1.82) is 0 Å². The van der Waals surface area contributed by atoms with Gasteiger partial charge in [0.2, 0.25) is 0 Å². The predicted molar refractivity (Wildman–Crippen MR) is 87.5 cm³/mol. The van der Waals surface area contributed by atoms with Crippen LogP contribution in [0.3, 0.4) is 0 Å². The van der Waals surface area contributed by atoms with E-state index in [0.29, 0.717) is 29.4 Å². The van der Waals surface area contributed by atoms with E-state index < -0.39 is 0 Å². The van der Waals surface area contributed by atoms with Crippen molar-refractivity contribution in [3.63, 3.8) is 0 Å². The molecule has 0 saturated carbocycles. The highest BCUT2D eigenvalue weighted by Gasteiger charge is 2.16. The summed E-state index contributed by atoms with van der Waals surface area (Å²) in [5, 5.41) is 0.477. The topological polar surface area (TPSA) is 46.3 Å². The standard InChI is InChI=1S/C17H19ClN2O/c1-3-20(11-13-7-5-4-6-12(13)2)17(21)14-8-15(18)10-16(19)9-14/h4-10H,3,11,19H2,1-2H3. The van der Waals surface area contributed by atoms with E-state index in [-0.39, 0.29) is 5.91 Å². The molecule has 0 heterocycles. The summed E-state index contributed by atoms with van der Waals surface area (Å²) in [7, 11) is 0. The quantitative estimate of drug-likeness (QED) is 0.871. The van der Waals surface area contributed by atoms with Gasteiger partial charge in [-0.15, -0.1) is 0 Å². The minimum atomic E-state index is -0.0602. The number of nitrogens with two attached hydrogens (primary N) is 1. The highest BCUT2D eigenvalue weighted by Crippen LogP contribution is 2.19. The molecular formula is C17H19ClN2O. The van der Waals surface area contributed by atoms with Crippen LogP contribution >= 0.6 is 11.6 Å². The number of nitrogen functional groups attached to an aromatic ring is 1. The van der Waals surface area contributed by atoms with Crippen LogP contribution in [0.15, 0.2) is 42.5 Å². The van der Waals surface area contributed by atoms with Crippen LogP contribution in [-0.4, -0.2) is 17.4 Å². The summed E-state index contributed by atoms with van der Waals surface area (Å²) in [6.45, 7) is 5.21. The van der Waals surface area contributed by atoms with Crippen molar-refractivity contribution in [3.8, 4) is 0 Å². The minimum Gasteiger partial charge on any atom is -0.399 e. The number of benzene rings is 2. The Hall–Kier alpha value is -2.00. The van der Waals surface area contributed by atoms with Crippen molar-refractivity contribution >= 4 is 23.2 Å². The molecular weight excluding hydrogens is 284 g/mol. The van der Waals surface area contributed by atoms with E-state index in [2.05, 4.69) is 0 Å². The number of nitrogens with zero attached hydrogens (tertiary/aromatic N) is 1. The van der Waals surface area contributed by atoms with Crippen molar-refractivity contribution in [3.05, 3.63) is 64.2 Å². The largest absolute Gasteiger partial charge is 0.399 e. The molecule has 0 aromatic heterocycles. The number of anilines is 1. The summed E-state index contributed by atoms with van der Waals surface area (Å²) in [4.78, 5) is 14.4. The Balaban J connectivity index is 2.24. The Labute approximate surface area is 130 Å². The van der Waals surface area contributed by atoms with Crippen molar-refractivity contribution in [2.24, 2.45) is 0 Å². The summed E-state index contributed by atoms with van der Waals surface area (Å²) < 4.78 is 0. The van der Waals surface area contributed by atoms with Gasteiger partial charge in [0, 0.05) is 29.4 Å². The number of hydrogen-bond donors (Lipinski definition) is 1. The number of carbonyl (C=O) groups is 1. The van der Waals surface area contributed by atoms with E-state index in [1.165, 1.54) is 5.56 Å². The van der Waals surface area contributed by atoms with Crippen LogP contribution in [0.1, 0.15) is 28.4 Å². The molecule has 0 radical (unpaired) electrons. The van der Waals surface area contributed by atoms with Gasteiger partial charge in [-0.1, -0.05) is 35.9 Å². The molecule has 110 valence electrons. The van der Waals surface area contributed by atoms with Crippen molar-refractivity contribution < 1.29 is 4.79 Å². The maximum Gasteiger partial charge on any atom is 0.254 e.